The Morgan fingerprint density at radius 3 is 2.77 bits per heavy atom. The molecular formula is C10H17NOS. The predicted molar refractivity (Wildman–Crippen MR) is 57.0 cm³/mol. The Kier molecular flexibility index (Phi) is 4.42. The SMILES string of the molecule is CC(C)CNC(CO)c1cccs1. The average molecular weight is 199 g/mol. The summed E-state index contributed by atoms with van der Waals surface area (Å²) in [5.41, 5.74) is 0. The van der Waals surface area contributed by atoms with Crippen LogP contribution in [0.5, 0.6) is 0 Å². The maximum atomic E-state index is 9.15. The van der Waals surface area contributed by atoms with Gasteiger partial charge >= 0.3 is 0 Å². The Morgan fingerprint density at radius 1 is 1.54 bits per heavy atom. The van der Waals surface area contributed by atoms with Gasteiger partial charge in [0.1, 0.15) is 0 Å². The molecule has 3 heteroatoms. The van der Waals surface area contributed by atoms with Crippen molar-refractivity contribution in [2.45, 2.75) is 19.9 Å². The van der Waals surface area contributed by atoms with E-state index in [2.05, 4.69) is 25.2 Å². The first-order chi connectivity index (χ1) is 6.24. The lowest BCUT2D eigenvalue weighted by Crippen LogP contribution is -2.27. The minimum Gasteiger partial charge on any atom is -0.394 e. The van der Waals surface area contributed by atoms with E-state index in [0.717, 1.165) is 6.54 Å². The van der Waals surface area contributed by atoms with Crippen molar-refractivity contribution in [2.24, 2.45) is 5.92 Å². The molecular weight excluding hydrogens is 182 g/mol. The van der Waals surface area contributed by atoms with Gasteiger partial charge in [-0.05, 0) is 23.9 Å². The highest BCUT2D eigenvalue weighted by Crippen LogP contribution is 2.18. The fourth-order valence-electron chi connectivity index (χ4n) is 1.12. The molecule has 2 N–H and O–H groups in total. The van der Waals surface area contributed by atoms with E-state index in [4.69, 9.17) is 5.11 Å². The van der Waals surface area contributed by atoms with Crippen LogP contribution >= 0.6 is 11.3 Å². The number of hydrogen-bond acceptors (Lipinski definition) is 3. The van der Waals surface area contributed by atoms with E-state index in [1.165, 1.54) is 4.88 Å². The topological polar surface area (TPSA) is 32.3 Å². The molecule has 0 saturated carbocycles. The van der Waals surface area contributed by atoms with Crippen LogP contribution in [-0.4, -0.2) is 18.3 Å². The van der Waals surface area contributed by atoms with Gasteiger partial charge in [0, 0.05) is 4.88 Å². The molecule has 1 atom stereocenters. The molecule has 0 aromatic carbocycles. The van der Waals surface area contributed by atoms with Crippen LogP contribution in [0, 0.1) is 5.92 Å². The Hall–Kier alpha value is -0.380. The summed E-state index contributed by atoms with van der Waals surface area (Å²) in [6.45, 7) is 5.45. The lowest BCUT2D eigenvalue weighted by atomic mass is 10.2. The molecule has 0 aliphatic heterocycles. The van der Waals surface area contributed by atoms with Gasteiger partial charge < -0.3 is 10.4 Å². The number of thiophene rings is 1. The number of rotatable bonds is 5. The highest BCUT2D eigenvalue weighted by Gasteiger charge is 2.10. The number of aliphatic hydroxyl groups excluding tert-OH is 1. The lowest BCUT2D eigenvalue weighted by molar-refractivity contribution is 0.243. The summed E-state index contributed by atoms with van der Waals surface area (Å²) in [5.74, 6) is 0.619. The Morgan fingerprint density at radius 2 is 2.31 bits per heavy atom. The van der Waals surface area contributed by atoms with E-state index in [9.17, 15) is 0 Å². The molecule has 0 aliphatic carbocycles. The van der Waals surface area contributed by atoms with Crippen molar-refractivity contribution in [3.63, 3.8) is 0 Å². The Bertz CT molecular complexity index is 221. The molecule has 0 aliphatic rings. The van der Waals surface area contributed by atoms with E-state index in [1.54, 1.807) is 11.3 Å². The standard InChI is InChI=1S/C10H17NOS/c1-8(2)6-11-9(7-12)10-4-3-5-13-10/h3-5,8-9,11-12H,6-7H2,1-2H3. The summed E-state index contributed by atoms with van der Waals surface area (Å²) in [5, 5.41) is 14.5. The van der Waals surface area contributed by atoms with Crippen LogP contribution in [0.4, 0.5) is 0 Å². The first kappa shape index (κ1) is 10.7. The smallest absolute Gasteiger partial charge is 0.0649 e. The number of aliphatic hydroxyl groups is 1. The van der Waals surface area contributed by atoms with Crippen molar-refractivity contribution in [2.75, 3.05) is 13.2 Å². The van der Waals surface area contributed by atoms with Crippen LogP contribution in [0.2, 0.25) is 0 Å². The van der Waals surface area contributed by atoms with Gasteiger partial charge in [-0.2, -0.15) is 0 Å². The summed E-state index contributed by atoms with van der Waals surface area (Å²) < 4.78 is 0. The van der Waals surface area contributed by atoms with E-state index in [1.807, 2.05) is 11.4 Å². The van der Waals surface area contributed by atoms with Crippen LogP contribution < -0.4 is 5.32 Å². The van der Waals surface area contributed by atoms with Crippen molar-refractivity contribution in [1.82, 2.24) is 5.32 Å². The lowest BCUT2D eigenvalue weighted by Gasteiger charge is -2.16. The fraction of sp³-hybridized carbons (Fsp3) is 0.600. The van der Waals surface area contributed by atoms with E-state index >= 15 is 0 Å². The molecule has 1 aromatic heterocycles. The molecule has 0 spiro atoms. The van der Waals surface area contributed by atoms with E-state index < -0.39 is 0 Å². The third-order valence-corrected chi connectivity index (χ3v) is 2.83. The molecule has 1 unspecified atom stereocenters. The molecule has 1 rings (SSSR count). The Labute approximate surface area is 83.6 Å². The molecule has 0 saturated heterocycles. The normalized spacial score (nSPS) is 13.5. The second-order valence-electron chi connectivity index (χ2n) is 3.55. The highest BCUT2D eigenvalue weighted by molar-refractivity contribution is 7.10. The maximum absolute atomic E-state index is 9.15. The van der Waals surface area contributed by atoms with Crippen molar-refractivity contribution in [3.8, 4) is 0 Å². The second kappa shape index (κ2) is 5.37. The summed E-state index contributed by atoms with van der Waals surface area (Å²) in [4.78, 5) is 1.21. The molecule has 1 aromatic rings. The van der Waals surface area contributed by atoms with Crippen LogP contribution in [-0.2, 0) is 0 Å². The van der Waals surface area contributed by atoms with Crippen molar-refractivity contribution >= 4 is 11.3 Å². The molecule has 2 nitrogen and oxygen atoms in total. The van der Waals surface area contributed by atoms with Gasteiger partial charge in [-0.15, -0.1) is 11.3 Å². The first-order valence-electron chi connectivity index (χ1n) is 4.61. The summed E-state index contributed by atoms with van der Waals surface area (Å²) in [7, 11) is 0. The van der Waals surface area contributed by atoms with Gasteiger partial charge in [0.25, 0.3) is 0 Å². The molecule has 13 heavy (non-hydrogen) atoms. The van der Waals surface area contributed by atoms with Gasteiger partial charge in [-0.3, -0.25) is 0 Å². The van der Waals surface area contributed by atoms with Crippen molar-refractivity contribution in [1.29, 1.82) is 0 Å². The Balaban J connectivity index is 2.44. The van der Waals surface area contributed by atoms with E-state index in [0.29, 0.717) is 5.92 Å². The van der Waals surface area contributed by atoms with Crippen molar-refractivity contribution in [3.05, 3.63) is 22.4 Å². The summed E-state index contributed by atoms with van der Waals surface area (Å²) in [6.07, 6.45) is 0. The van der Waals surface area contributed by atoms with E-state index in [-0.39, 0.29) is 12.6 Å². The van der Waals surface area contributed by atoms with Crippen LogP contribution in [0.3, 0.4) is 0 Å². The van der Waals surface area contributed by atoms with Gasteiger partial charge in [-0.25, -0.2) is 0 Å². The number of nitrogens with one attached hydrogen (secondary N) is 1. The number of hydrogen-bond donors (Lipinski definition) is 2. The molecule has 0 bridgehead atoms. The average Bonchev–Trinajstić information content (AvgIpc) is 2.58. The van der Waals surface area contributed by atoms with Crippen molar-refractivity contribution < 1.29 is 5.11 Å². The first-order valence-corrected chi connectivity index (χ1v) is 5.49. The maximum Gasteiger partial charge on any atom is 0.0649 e. The zero-order valence-electron chi connectivity index (χ0n) is 8.16. The predicted octanol–water partition coefficient (Wildman–Crippen LogP) is 2.03. The van der Waals surface area contributed by atoms with Crippen LogP contribution in [0.15, 0.2) is 17.5 Å². The van der Waals surface area contributed by atoms with Gasteiger partial charge in [0.15, 0.2) is 0 Å². The largest absolute Gasteiger partial charge is 0.394 e. The molecule has 0 amide bonds. The fourth-order valence-corrected chi connectivity index (χ4v) is 1.92. The minimum absolute atomic E-state index is 0.113. The quantitative estimate of drug-likeness (QED) is 0.760. The second-order valence-corrected chi connectivity index (χ2v) is 4.53. The summed E-state index contributed by atoms with van der Waals surface area (Å²) >= 11 is 1.68. The molecule has 0 radical (unpaired) electrons. The zero-order valence-corrected chi connectivity index (χ0v) is 8.97. The monoisotopic (exact) mass is 199 g/mol. The van der Waals surface area contributed by atoms with Crippen LogP contribution in [0.25, 0.3) is 0 Å². The summed E-state index contributed by atoms with van der Waals surface area (Å²) in [6, 6.07) is 4.18. The van der Waals surface area contributed by atoms with Crippen LogP contribution in [0.1, 0.15) is 24.8 Å². The van der Waals surface area contributed by atoms with Gasteiger partial charge in [0.2, 0.25) is 0 Å². The highest BCUT2D eigenvalue weighted by atomic mass is 32.1. The third kappa shape index (κ3) is 3.46. The van der Waals surface area contributed by atoms with Gasteiger partial charge in [-0.1, -0.05) is 19.9 Å². The molecule has 1 heterocycles. The minimum atomic E-state index is 0.113. The molecule has 0 fully saturated rings. The third-order valence-electron chi connectivity index (χ3n) is 1.84. The van der Waals surface area contributed by atoms with Gasteiger partial charge in [0.05, 0.1) is 12.6 Å². The zero-order chi connectivity index (χ0) is 9.68. The molecule has 74 valence electrons.